The number of aliphatic hydroxyl groups is 1. The molecule has 0 radical (unpaired) electrons. The minimum Gasteiger partial charge on any atom is -0.389 e. The monoisotopic (exact) mass is 266 g/mol. The maximum absolute atomic E-state index is 11.4. The number of nitrogens with one attached hydrogen (secondary N) is 1. The van der Waals surface area contributed by atoms with Gasteiger partial charge in [0, 0.05) is 12.7 Å². The molecular formula is C11H14N4O2S. The van der Waals surface area contributed by atoms with Crippen LogP contribution >= 0.6 is 11.8 Å². The molecule has 2 heterocycles. The van der Waals surface area contributed by atoms with E-state index in [2.05, 4.69) is 15.2 Å². The maximum atomic E-state index is 11.4. The number of rotatable bonds is 4. The highest BCUT2D eigenvalue weighted by molar-refractivity contribution is 7.99. The molecule has 1 atom stereocenters. The number of aromatic nitrogens is 4. The van der Waals surface area contributed by atoms with Crippen LogP contribution in [0.4, 0.5) is 0 Å². The number of H-pyrrole nitrogens is 1. The van der Waals surface area contributed by atoms with Crippen LogP contribution < -0.4 is 5.69 Å². The van der Waals surface area contributed by atoms with Crippen molar-refractivity contribution in [3.05, 3.63) is 34.4 Å². The Morgan fingerprint density at radius 1 is 1.61 bits per heavy atom. The maximum Gasteiger partial charge on any atom is 0.343 e. The van der Waals surface area contributed by atoms with Gasteiger partial charge >= 0.3 is 5.69 Å². The van der Waals surface area contributed by atoms with Crippen molar-refractivity contribution in [3.63, 3.8) is 0 Å². The molecule has 0 aliphatic heterocycles. The molecule has 0 bridgehead atoms. The Morgan fingerprint density at radius 2 is 2.39 bits per heavy atom. The average Bonchev–Trinajstić information content (AvgIpc) is 2.70. The van der Waals surface area contributed by atoms with E-state index in [-0.39, 0.29) is 5.69 Å². The molecule has 96 valence electrons. The lowest BCUT2D eigenvalue weighted by atomic mass is 10.2. The number of hydrogen-bond acceptors (Lipinski definition) is 5. The third-order valence-electron chi connectivity index (χ3n) is 2.48. The fourth-order valence-corrected chi connectivity index (χ4v) is 2.40. The average molecular weight is 266 g/mol. The van der Waals surface area contributed by atoms with Gasteiger partial charge in [0.15, 0.2) is 5.16 Å². The number of nitrogens with zero attached hydrogens (tertiary/aromatic N) is 3. The zero-order valence-corrected chi connectivity index (χ0v) is 10.9. The molecule has 2 rings (SSSR count). The fourth-order valence-electron chi connectivity index (χ4n) is 1.49. The SMILES string of the molecule is CCn1c(Sc2cc([C@@H](C)O)ccn2)n[nH]c1=O. The molecule has 0 saturated carbocycles. The third-order valence-corrected chi connectivity index (χ3v) is 3.40. The molecule has 7 heteroatoms. The summed E-state index contributed by atoms with van der Waals surface area (Å²) in [6, 6.07) is 3.54. The summed E-state index contributed by atoms with van der Waals surface area (Å²) < 4.78 is 1.53. The molecular weight excluding hydrogens is 252 g/mol. The van der Waals surface area contributed by atoms with Crippen LogP contribution in [-0.4, -0.2) is 24.9 Å². The summed E-state index contributed by atoms with van der Waals surface area (Å²) in [5.74, 6) is 0. The fraction of sp³-hybridized carbons (Fsp3) is 0.364. The van der Waals surface area contributed by atoms with Gasteiger partial charge in [0.25, 0.3) is 0 Å². The van der Waals surface area contributed by atoms with Gasteiger partial charge in [-0.3, -0.25) is 4.57 Å². The van der Waals surface area contributed by atoms with Crippen LogP contribution in [0.2, 0.25) is 0 Å². The van der Waals surface area contributed by atoms with Gasteiger partial charge in [-0.25, -0.2) is 14.9 Å². The van der Waals surface area contributed by atoms with Crippen molar-refractivity contribution in [2.45, 2.75) is 36.7 Å². The van der Waals surface area contributed by atoms with E-state index >= 15 is 0 Å². The molecule has 0 fully saturated rings. The van der Waals surface area contributed by atoms with E-state index in [9.17, 15) is 9.90 Å². The van der Waals surface area contributed by atoms with E-state index in [1.807, 2.05) is 6.92 Å². The van der Waals surface area contributed by atoms with Crippen molar-refractivity contribution in [3.8, 4) is 0 Å². The quantitative estimate of drug-likeness (QED) is 0.868. The van der Waals surface area contributed by atoms with Gasteiger partial charge in [0.2, 0.25) is 0 Å². The summed E-state index contributed by atoms with van der Waals surface area (Å²) in [4.78, 5) is 15.6. The number of aliphatic hydroxyl groups excluding tert-OH is 1. The molecule has 0 aliphatic carbocycles. The molecule has 2 aromatic rings. The Morgan fingerprint density at radius 3 is 3.06 bits per heavy atom. The molecule has 6 nitrogen and oxygen atoms in total. The molecule has 0 aliphatic rings. The molecule has 0 saturated heterocycles. The molecule has 2 N–H and O–H groups in total. The van der Waals surface area contributed by atoms with Gasteiger partial charge in [-0.2, -0.15) is 0 Å². The third kappa shape index (κ3) is 2.62. The van der Waals surface area contributed by atoms with Gasteiger partial charge in [-0.1, -0.05) is 0 Å². The first-order chi connectivity index (χ1) is 8.61. The lowest BCUT2D eigenvalue weighted by molar-refractivity contribution is 0.199. The normalized spacial score (nSPS) is 12.6. The van der Waals surface area contributed by atoms with Crippen molar-refractivity contribution in [1.82, 2.24) is 19.7 Å². The van der Waals surface area contributed by atoms with E-state index in [0.717, 1.165) is 5.56 Å². The van der Waals surface area contributed by atoms with Crippen molar-refractivity contribution in [2.75, 3.05) is 0 Å². The van der Waals surface area contributed by atoms with Gasteiger partial charge in [0.05, 0.1) is 6.10 Å². The first kappa shape index (κ1) is 12.8. The summed E-state index contributed by atoms with van der Waals surface area (Å²) in [5, 5.41) is 17.1. The first-order valence-electron chi connectivity index (χ1n) is 5.59. The Balaban J connectivity index is 2.28. The van der Waals surface area contributed by atoms with Gasteiger partial charge in [-0.15, -0.1) is 5.10 Å². The van der Waals surface area contributed by atoms with E-state index in [0.29, 0.717) is 16.7 Å². The number of hydrogen-bond donors (Lipinski definition) is 2. The topological polar surface area (TPSA) is 83.8 Å². The second-order valence-corrected chi connectivity index (χ2v) is 4.75. The van der Waals surface area contributed by atoms with Gasteiger partial charge in [0.1, 0.15) is 5.03 Å². The molecule has 0 amide bonds. The summed E-state index contributed by atoms with van der Waals surface area (Å²) >= 11 is 1.29. The van der Waals surface area contributed by atoms with Crippen LogP contribution in [0.15, 0.2) is 33.3 Å². The largest absolute Gasteiger partial charge is 0.389 e. The van der Waals surface area contributed by atoms with Gasteiger partial charge in [-0.05, 0) is 43.3 Å². The highest BCUT2D eigenvalue weighted by Gasteiger charge is 2.10. The summed E-state index contributed by atoms with van der Waals surface area (Å²) in [7, 11) is 0. The smallest absolute Gasteiger partial charge is 0.343 e. The molecule has 2 aromatic heterocycles. The lowest BCUT2D eigenvalue weighted by Crippen LogP contribution is -2.16. The standard InChI is InChI=1S/C11H14N4O2S/c1-3-15-10(17)13-14-11(15)18-9-6-8(7(2)16)4-5-12-9/h4-7,16H,3H2,1-2H3,(H,13,17)/t7-/m1/s1. The zero-order chi connectivity index (χ0) is 13.1. The van der Waals surface area contributed by atoms with E-state index < -0.39 is 6.10 Å². The molecule has 18 heavy (non-hydrogen) atoms. The highest BCUT2D eigenvalue weighted by Crippen LogP contribution is 2.25. The van der Waals surface area contributed by atoms with E-state index in [1.54, 1.807) is 25.3 Å². The second kappa shape index (κ2) is 5.36. The van der Waals surface area contributed by atoms with E-state index in [1.165, 1.54) is 16.3 Å². The summed E-state index contributed by atoms with van der Waals surface area (Å²) in [6.45, 7) is 4.12. The van der Waals surface area contributed by atoms with Crippen molar-refractivity contribution in [1.29, 1.82) is 0 Å². The Hall–Kier alpha value is -1.60. The van der Waals surface area contributed by atoms with Crippen LogP contribution in [0.5, 0.6) is 0 Å². The van der Waals surface area contributed by atoms with Crippen molar-refractivity contribution in [2.24, 2.45) is 0 Å². The Kier molecular flexibility index (Phi) is 3.83. The van der Waals surface area contributed by atoms with Crippen LogP contribution in [0, 0.1) is 0 Å². The minimum absolute atomic E-state index is 0.230. The molecule has 0 unspecified atom stereocenters. The summed E-state index contributed by atoms with van der Waals surface area (Å²) in [6.07, 6.45) is 1.09. The van der Waals surface area contributed by atoms with Crippen LogP contribution in [0.3, 0.4) is 0 Å². The van der Waals surface area contributed by atoms with Crippen molar-refractivity contribution < 1.29 is 5.11 Å². The highest BCUT2D eigenvalue weighted by atomic mass is 32.2. The predicted octanol–water partition coefficient (Wildman–Crippen LogP) is 1.19. The molecule has 0 spiro atoms. The van der Waals surface area contributed by atoms with E-state index in [4.69, 9.17) is 0 Å². The Bertz CT molecular complexity index is 591. The van der Waals surface area contributed by atoms with Crippen LogP contribution in [0.25, 0.3) is 0 Å². The van der Waals surface area contributed by atoms with Crippen LogP contribution in [-0.2, 0) is 6.54 Å². The summed E-state index contributed by atoms with van der Waals surface area (Å²) in [5.41, 5.74) is 0.556. The van der Waals surface area contributed by atoms with Crippen LogP contribution in [0.1, 0.15) is 25.5 Å². The zero-order valence-electron chi connectivity index (χ0n) is 10.1. The first-order valence-corrected chi connectivity index (χ1v) is 6.40. The Labute approximate surface area is 108 Å². The second-order valence-electron chi connectivity index (χ2n) is 3.76. The van der Waals surface area contributed by atoms with Gasteiger partial charge < -0.3 is 5.11 Å². The lowest BCUT2D eigenvalue weighted by Gasteiger charge is -2.06. The number of aromatic amines is 1. The minimum atomic E-state index is -0.542. The molecule has 0 aromatic carbocycles. The predicted molar refractivity (Wildman–Crippen MR) is 67.5 cm³/mol. The number of pyridine rings is 1. The van der Waals surface area contributed by atoms with Crippen molar-refractivity contribution >= 4 is 11.8 Å².